The summed E-state index contributed by atoms with van der Waals surface area (Å²) in [4.78, 5) is 14.0. The molecule has 0 fully saturated rings. The summed E-state index contributed by atoms with van der Waals surface area (Å²) in [6.45, 7) is 6.14. The van der Waals surface area contributed by atoms with E-state index in [1.54, 1.807) is 13.0 Å². The molecule has 2 N–H and O–H groups in total. The van der Waals surface area contributed by atoms with Crippen molar-refractivity contribution in [3.05, 3.63) is 64.7 Å². The number of phenols is 1. The first-order valence-electron chi connectivity index (χ1n) is 8.65. The van der Waals surface area contributed by atoms with Gasteiger partial charge in [-0.05, 0) is 49.9 Å². The number of hydrogen-bond acceptors (Lipinski definition) is 3. The normalized spacial score (nSPS) is 12.0. The van der Waals surface area contributed by atoms with Crippen LogP contribution in [0.3, 0.4) is 0 Å². The van der Waals surface area contributed by atoms with E-state index >= 15 is 0 Å². The highest BCUT2D eigenvalue weighted by atomic mass is 16.3. The van der Waals surface area contributed by atoms with E-state index in [1.807, 2.05) is 24.0 Å². The highest BCUT2D eigenvalue weighted by Gasteiger charge is 2.17. The molecule has 0 saturated heterocycles. The molecular formula is C21H27NO3. The van der Waals surface area contributed by atoms with Crippen LogP contribution >= 0.6 is 0 Å². The first-order valence-corrected chi connectivity index (χ1v) is 8.65. The second-order valence-corrected chi connectivity index (χ2v) is 6.64. The van der Waals surface area contributed by atoms with Gasteiger partial charge in [-0.2, -0.15) is 0 Å². The van der Waals surface area contributed by atoms with Crippen LogP contribution in [0.15, 0.2) is 42.5 Å². The standard InChI is InChI=1S/C21H27NO3/c1-15-4-7-19(8-5-15)13-22(17(3)24)16(2)6-9-18-10-11-21(25)20(12-18)14-23/h4-5,7-8,10-12,16,23,25H,6,9,13-14H2,1-3H3. The summed E-state index contributed by atoms with van der Waals surface area (Å²) in [5.74, 6) is 0.180. The van der Waals surface area contributed by atoms with Gasteiger partial charge in [-0.1, -0.05) is 35.9 Å². The number of benzene rings is 2. The molecule has 25 heavy (non-hydrogen) atoms. The predicted octanol–water partition coefficient (Wildman–Crippen LogP) is 3.56. The Labute approximate surface area is 149 Å². The van der Waals surface area contributed by atoms with Gasteiger partial charge in [0.25, 0.3) is 0 Å². The Hall–Kier alpha value is -2.33. The van der Waals surface area contributed by atoms with Crippen molar-refractivity contribution in [2.24, 2.45) is 0 Å². The third kappa shape index (κ3) is 5.33. The van der Waals surface area contributed by atoms with Crippen LogP contribution in [-0.2, 0) is 24.4 Å². The molecule has 0 saturated carbocycles. The Bertz CT molecular complexity index is 710. The summed E-state index contributed by atoms with van der Waals surface area (Å²) in [6, 6.07) is 13.6. The molecule has 4 heteroatoms. The Morgan fingerprint density at radius 2 is 1.76 bits per heavy atom. The number of aromatic hydroxyl groups is 1. The largest absolute Gasteiger partial charge is 0.508 e. The summed E-state index contributed by atoms with van der Waals surface area (Å²) in [5, 5.41) is 18.9. The molecule has 2 aromatic rings. The van der Waals surface area contributed by atoms with Gasteiger partial charge < -0.3 is 15.1 Å². The molecule has 0 aliphatic heterocycles. The van der Waals surface area contributed by atoms with E-state index in [4.69, 9.17) is 0 Å². The van der Waals surface area contributed by atoms with Crippen molar-refractivity contribution in [2.45, 2.75) is 52.8 Å². The fraction of sp³-hybridized carbons (Fsp3) is 0.381. The van der Waals surface area contributed by atoms with Crippen LogP contribution in [0.2, 0.25) is 0 Å². The lowest BCUT2D eigenvalue weighted by Crippen LogP contribution is -2.36. The minimum atomic E-state index is -0.178. The van der Waals surface area contributed by atoms with Crippen molar-refractivity contribution < 1.29 is 15.0 Å². The van der Waals surface area contributed by atoms with Crippen LogP contribution in [0.1, 0.15) is 42.5 Å². The second kappa shape index (κ2) is 8.67. The van der Waals surface area contributed by atoms with Crippen molar-refractivity contribution in [1.29, 1.82) is 0 Å². The van der Waals surface area contributed by atoms with Gasteiger partial charge in [-0.15, -0.1) is 0 Å². The maximum atomic E-state index is 12.1. The Kier molecular flexibility index (Phi) is 6.59. The topological polar surface area (TPSA) is 60.8 Å². The number of carbonyl (C=O) groups excluding carboxylic acids is 1. The molecule has 134 valence electrons. The first-order chi connectivity index (χ1) is 11.9. The zero-order valence-corrected chi connectivity index (χ0v) is 15.2. The maximum absolute atomic E-state index is 12.1. The van der Waals surface area contributed by atoms with Gasteiger partial charge in [-0.25, -0.2) is 0 Å². The summed E-state index contributed by atoms with van der Waals surface area (Å²) in [6.07, 6.45) is 1.60. The third-order valence-electron chi connectivity index (χ3n) is 4.58. The molecule has 0 bridgehead atoms. The fourth-order valence-electron chi connectivity index (χ4n) is 2.92. The molecule has 0 aliphatic rings. The van der Waals surface area contributed by atoms with Gasteiger partial charge in [0.05, 0.1) is 6.61 Å². The predicted molar refractivity (Wildman–Crippen MR) is 99.2 cm³/mol. The number of nitrogens with zero attached hydrogens (tertiary/aromatic N) is 1. The third-order valence-corrected chi connectivity index (χ3v) is 4.58. The summed E-state index contributed by atoms with van der Waals surface area (Å²) in [7, 11) is 0. The fourth-order valence-corrected chi connectivity index (χ4v) is 2.92. The van der Waals surface area contributed by atoms with Gasteiger partial charge in [0.15, 0.2) is 0 Å². The van der Waals surface area contributed by atoms with Crippen molar-refractivity contribution in [2.75, 3.05) is 0 Å². The van der Waals surface area contributed by atoms with Crippen LogP contribution < -0.4 is 0 Å². The van der Waals surface area contributed by atoms with E-state index in [-0.39, 0.29) is 24.3 Å². The minimum absolute atomic E-state index is 0.0647. The molecule has 2 aromatic carbocycles. The van der Waals surface area contributed by atoms with Gasteiger partial charge in [0.2, 0.25) is 5.91 Å². The second-order valence-electron chi connectivity index (χ2n) is 6.64. The number of aryl methyl sites for hydroxylation is 2. The van der Waals surface area contributed by atoms with E-state index in [1.165, 1.54) is 5.56 Å². The summed E-state index contributed by atoms with van der Waals surface area (Å²) >= 11 is 0. The highest BCUT2D eigenvalue weighted by molar-refractivity contribution is 5.73. The molecule has 0 spiro atoms. The van der Waals surface area contributed by atoms with Crippen LogP contribution in [0.25, 0.3) is 0 Å². The molecule has 1 atom stereocenters. The monoisotopic (exact) mass is 341 g/mol. The Morgan fingerprint density at radius 1 is 1.12 bits per heavy atom. The van der Waals surface area contributed by atoms with Crippen molar-refractivity contribution in [1.82, 2.24) is 4.90 Å². The smallest absolute Gasteiger partial charge is 0.219 e. The number of rotatable bonds is 7. The van der Waals surface area contributed by atoms with Gasteiger partial charge in [-0.3, -0.25) is 4.79 Å². The Morgan fingerprint density at radius 3 is 2.36 bits per heavy atom. The molecular weight excluding hydrogens is 314 g/mol. The lowest BCUT2D eigenvalue weighted by Gasteiger charge is -2.28. The lowest BCUT2D eigenvalue weighted by molar-refractivity contribution is -0.131. The molecule has 1 unspecified atom stereocenters. The van der Waals surface area contributed by atoms with Crippen LogP contribution in [-0.4, -0.2) is 27.1 Å². The van der Waals surface area contributed by atoms with E-state index in [0.29, 0.717) is 12.1 Å². The van der Waals surface area contributed by atoms with Crippen molar-refractivity contribution in [3.63, 3.8) is 0 Å². The van der Waals surface area contributed by atoms with Crippen molar-refractivity contribution >= 4 is 5.91 Å². The molecule has 0 radical (unpaired) electrons. The lowest BCUT2D eigenvalue weighted by atomic mass is 10.0. The van der Waals surface area contributed by atoms with Gasteiger partial charge >= 0.3 is 0 Å². The average molecular weight is 341 g/mol. The number of carbonyl (C=O) groups is 1. The molecule has 0 aromatic heterocycles. The maximum Gasteiger partial charge on any atom is 0.219 e. The van der Waals surface area contributed by atoms with E-state index in [0.717, 1.165) is 24.0 Å². The number of aliphatic hydroxyl groups is 1. The quantitative estimate of drug-likeness (QED) is 0.809. The van der Waals surface area contributed by atoms with Crippen molar-refractivity contribution in [3.8, 4) is 5.75 Å². The molecule has 0 heterocycles. The zero-order chi connectivity index (χ0) is 18.4. The molecule has 0 aliphatic carbocycles. The van der Waals surface area contributed by atoms with Crippen LogP contribution in [0, 0.1) is 6.92 Å². The zero-order valence-electron chi connectivity index (χ0n) is 15.2. The SMILES string of the molecule is CC(=O)N(Cc1ccc(C)cc1)C(C)CCc1ccc(O)c(CO)c1. The van der Waals surface area contributed by atoms with Crippen LogP contribution in [0.4, 0.5) is 0 Å². The number of aliphatic hydroxyl groups excluding tert-OH is 1. The summed E-state index contributed by atoms with van der Waals surface area (Å²) in [5.41, 5.74) is 3.92. The Balaban J connectivity index is 2.01. The average Bonchev–Trinajstić information content (AvgIpc) is 2.60. The summed E-state index contributed by atoms with van der Waals surface area (Å²) < 4.78 is 0. The molecule has 1 amide bonds. The minimum Gasteiger partial charge on any atom is -0.508 e. The van der Waals surface area contributed by atoms with E-state index < -0.39 is 0 Å². The first kappa shape index (κ1) is 19.0. The van der Waals surface area contributed by atoms with Gasteiger partial charge in [0, 0.05) is 25.1 Å². The van der Waals surface area contributed by atoms with Gasteiger partial charge in [0.1, 0.15) is 5.75 Å². The number of hydrogen-bond donors (Lipinski definition) is 2. The van der Waals surface area contributed by atoms with Crippen LogP contribution in [0.5, 0.6) is 5.75 Å². The molecule has 2 rings (SSSR count). The van der Waals surface area contributed by atoms with E-state index in [9.17, 15) is 15.0 Å². The highest BCUT2D eigenvalue weighted by Crippen LogP contribution is 2.20. The molecule has 4 nitrogen and oxygen atoms in total. The van der Waals surface area contributed by atoms with E-state index in [2.05, 4.69) is 31.2 Å². The number of amides is 1.